The summed E-state index contributed by atoms with van der Waals surface area (Å²) in [5.74, 6) is 0. The summed E-state index contributed by atoms with van der Waals surface area (Å²) in [6.07, 6.45) is -2.50. The molecule has 0 atom stereocenters. The van der Waals surface area contributed by atoms with Gasteiger partial charge in [0.15, 0.2) is 0 Å². The van der Waals surface area contributed by atoms with E-state index in [-0.39, 0.29) is 80.8 Å². The van der Waals surface area contributed by atoms with Gasteiger partial charge in [0.05, 0.1) is 0 Å². The Balaban J connectivity index is -0.0000000245. The quantitative estimate of drug-likeness (QED) is 0.316. The third-order valence-electron chi connectivity index (χ3n) is 0. The topological polar surface area (TPSA) is 138 Å². The predicted molar refractivity (Wildman–Crippen MR) is 90.8 cm³/mol. The van der Waals surface area contributed by atoms with Crippen molar-refractivity contribution in [1.82, 2.24) is 0 Å². The van der Waals surface area contributed by atoms with E-state index in [4.69, 9.17) is 0 Å². The van der Waals surface area contributed by atoms with Gasteiger partial charge in [-0.1, -0.05) is 83.1 Å². The van der Waals surface area contributed by atoms with E-state index in [2.05, 4.69) is 0 Å². The molecule has 0 aliphatic heterocycles. The molecule has 0 bridgehead atoms. The van der Waals surface area contributed by atoms with Crippen molar-refractivity contribution in [3.05, 3.63) is 0 Å². The summed E-state index contributed by atoms with van der Waals surface area (Å²) in [6.45, 7) is 19.3. The van der Waals surface area contributed by atoms with Crippen LogP contribution in [0.4, 0.5) is 0 Å². The summed E-state index contributed by atoms with van der Waals surface area (Å²) in [4.78, 5) is 0. The molecule has 0 aliphatic carbocycles. The average molecular weight is 645 g/mol. The molecule has 0 heterocycles. The molecule has 166 valence electrons. The van der Waals surface area contributed by atoms with Crippen molar-refractivity contribution >= 4 is 0 Å². The van der Waals surface area contributed by atoms with Crippen molar-refractivity contribution in [2.24, 2.45) is 0 Å². The minimum atomic E-state index is -0.417. The second kappa shape index (κ2) is 45.9. The summed E-state index contributed by atoms with van der Waals surface area (Å²) in [5, 5.41) is 57.2. The Morgan fingerprint density at radius 2 is 0.269 bits per heavy atom. The molecule has 8 heteroatoms. The van der Waals surface area contributed by atoms with E-state index in [1.165, 1.54) is 0 Å². The van der Waals surface area contributed by atoms with Crippen molar-refractivity contribution in [2.75, 3.05) is 0 Å². The first-order chi connectivity index (χ1) is 10.4. The molecule has 0 amide bonds. The van der Waals surface area contributed by atoms with Crippen LogP contribution < -0.4 is 30.6 Å². The van der Waals surface area contributed by atoms with Gasteiger partial charge in [-0.15, -0.1) is 36.6 Å². The van der Waals surface area contributed by atoms with Crippen molar-refractivity contribution in [3.63, 3.8) is 0 Å². The normalized spacial score (nSPS) is 8.31. The molecule has 0 aliphatic rings. The fourth-order valence-electron chi connectivity index (χ4n) is 0. The van der Waals surface area contributed by atoms with Crippen LogP contribution >= 0.6 is 0 Å². The van der Waals surface area contributed by atoms with Crippen LogP contribution in [0.15, 0.2) is 0 Å². The van der Waals surface area contributed by atoms with Gasteiger partial charge in [0.2, 0.25) is 0 Å². The van der Waals surface area contributed by atoms with E-state index >= 15 is 0 Å². The van der Waals surface area contributed by atoms with Gasteiger partial charge in [0.25, 0.3) is 0 Å². The summed E-state index contributed by atoms with van der Waals surface area (Å²) in [5.41, 5.74) is 0. The molecule has 2 radical (unpaired) electrons. The molecule has 0 saturated heterocycles. The van der Waals surface area contributed by atoms with Gasteiger partial charge < -0.3 is 30.6 Å². The maximum Gasteiger partial charge on any atom is 0 e. The van der Waals surface area contributed by atoms with E-state index in [1.807, 2.05) is 0 Å². The molecule has 0 unspecified atom stereocenters. The number of rotatable bonds is 0. The Hall–Kier alpha value is 2.44. The van der Waals surface area contributed by atoms with E-state index < -0.39 is 36.6 Å². The summed E-state index contributed by atoms with van der Waals surface area (Å²) in [6, 6.07) is 0. The zero-order valence-electron chi connectivity index (χ0n) is 18.8. The second-order valence-electron chi connectivity index (χ2n) is 6.29. The van der Waals surface area contributed by atoms with E-state index in [0.29, 0.717) is 0 Å². The molecule has 0 aromatic rings. The SMILES string of the molecule is CC(C)[O-].CC(C)[O-].CC(C)[O-].CC(C)[O-].CC(C)[O-].CC(C)[O-].[Pm].[Pm]. The van der Waals surface area contributed by atoms with E-state index in [9.17, 15) is 30.6 Å². The van der Waals surface area contributed by atoms with E-state index in [0.717, 1.165) is 0 Å². The van der Waals surface area contributed by atoms with Gasteiger partial charge in [-0.3, -0.25) is 0 Å². The second-order valence-corrected chi connectivity index (χ2v) is 6.29. The standard InChI is InChI=1S/6C3H7O.2Pm/c6*1-3(2)4;;/h6*3H,1-2H3;;/q6*-1;;. The van der Waals surface area contributed by atoms with Gasteiger partial charge >= 0.3 is 0 Å². The van der Waals surface area contributed by atoms with E-state index in [1.54, 1.807) is 83.1 Å². The average Bonchev–Trinajstić information content (AvgIpc) is 2.08. The number of hydrogen-bond donors (Lipinski definition) is 0. The van der Waals surface area contributed by atoms with Crippen LogP contribution in [0.1, 0.15) is 83.1 Å². The zero-order valence-corrected chi connectivity index (χ0v) is 24.5. The molecule has 0 aromatic carbocycles. The molecule has 0 spiro atoms. The maximum atomic E-state index is 9.53. The minimum absolute atomic E-state index is 0. The zero-order chi connectivity index (χ0) is 21.5. The summed E-state index contributed by atoms with van der Waals surface area (Å²) < 4.78 is 0. The Bertz CT molecular complexity index is 105. The van der Waals surface area contributed by atoms with Crippen LogP contribution in [0.3, 0.4) is 0 Å². The van der Waals surface area contributed by atoms with Crippen molar-refractivity contribution < 1.29 is 111 Å². The van der Waals surface area contributed by atoms with Crippen LogP contribution in [0.5, 0.6) is 0 Å². The monoisotopic (exact) mass is 644 g/mol. The first-order valence-electron chi connectivity index (χ1n) is 8.34. The van der Waals surface area contributed by atoms with Crippen LogP contribution in [0.2, 0.25) is 0 Å². The van der Waals surface area contributed by atoms with Crippen LogP contribution in [-0.2, 0) is 0 Å². The first kappa shape index (κ1) is 51.3. The third kappa shape index (κ3) is 2880. The van der Waals surface area contributed by atoms with Crippen molar-refractivity contribution in [2.45, 2.75) is 120 Å². The fourth-order valence-corrected chi connectivity index (χ4v) is 0. The van der Waals surface area contributed by atoms with Crippen molar-refractivity contribution in [1.29, 1.82) is 0 Å². The van der Waals surface area contributed by atoms with Gasteiger partial charge in [-0.05, 0) is 0 Å². The smallest absolute Gasteiger partial charge is 0 e. The summed E-state index contributed by atoms with van der Waals surface area (Å²) in [7, 11) is 0. The predicted octanol–water partition coefficient (Wildman–Crippen LogP) is -1.47. The molecule has 0 N–H and O–H groups in total. The maximum absolute atomic E-state index is 9.53. The number of hydrogen-bond acceptors (Lipinski definition) is 6. The molecule has 0 aromatic heterocycles. The Morgan fingerprint density at radius 1 is 0.269 bits per heavy atom. The van der Waals surface area contributed by atoms with Gasteiger partial charge in [0.1, 0.15) is 0 Å². The fraction of sp³-hybridized carbons (Fsp3) is 1.00. The van der Waals surface area contributed by atoms with Gasteiger partial charge in [-0.2, -0.15) is 0 Å². The molecule has 0 saturated carbocycles. The van der Waals surface area contributed by atoms with Crippen LogP contribution in [-0.4, -0.2) is 36.6 Å². The Morgan fingerprint density at radius 3 is 0.269 bits per heavy atom. The Kier molecular flexibility index (Phi) is 90.5. The molecular formula is C18H42O6Pm2-6. The Labute approximate surface area is 228 Å². The summed E-state index contributed by atoms with van der Waals surface area (Å²) >= 11 is 0. The first-order valence-corrected chi connectivity index (χ1v) is 8.34. The molecular weight excluding hydrogens is 602 g/mol. The van der Waals surface area contributed by atoms with Gasteiger partial charge in [0, 0.05) is 80.8 Å². The van der Waals surface area contributed by atoms with Crippen LogP contribution in [0, 0.1) is 80.8 Å². The third-order valence-corrected chi connectivity index (χ3v) is 0. The molecule has 0 rings (SSSR count). The van der Waals surface area contributed by atoms with Crippen LogP contribution in [0.25, 0.3) is 0 Å². The molecule has 0 fully saturated rings. The molecule has 26 heavy (non-hydrogen) atoms. The molecule has 6 nitrogen and oxygen atoms in total. The minimum Gasteiger partial charge on any atom is -0.852 e. The van der Waals surface area contributed by atoms with Crippen molar-refractivity contribution in [3.8, 4) is 0 Å². The van der Waals surface area contributed by atoms with Gasteiger partial charge in [-0.25, -0.2) is 0 Å². The largest absolute Gasteiger partial charge is 0.852 e.